The molecule has 0 fully saturated rings. The van der Waals surface area contributed by atoms with E-state index in [2.05, 4.69) is 15.5 Å². The van der Waals surface area contributed by atoms with Crippen LogP contribution in [0.3, 0.4) is 0 Å². The molecule has 0 saturated heterocycles. The van der Waals surface area contributed by atoms with Crippen LogP contribution in [0.4, 0.5) is 11.4 Å². The molecule has 5 heteroatoms. The highest BCUT2D eigenvalue weighted by molar-refractivity contribution is 6.06. The van der Waals surface area contributed by atoms with E-state index in [1.54, 1.807) is 0 Å². The molecule has 0 aliphatic carbocycles. The molecule has 1 heterocycles. The highest BCUT2D eigenvalue weighted by atomic mass is 16.2. The SMILES string of the molecule is Cc1ccc(NC(=O)c2n[nH]c(C(C)C)c2N)cc1C. The van der Waals surface area contributed by atoms with Gasteiger partial charge in [-0.1, -0.05) is 19.9 Å². The second-order valence-corrected chi connectivity index (χ2v) is 5.31. The third-order valence-corrected chi connectivity index (χ3v) is 3.39. The summed E-state index contributed by atoms with van der Waals surface area (Å²) in [6.07, 6.45) is 0. The lowest BCUT2D eigenvalue weighted by Crippen LogP contribution is -2.14. The summed E-state index contributed by atoms with van der Waals surface area (Å²) in [5.41, 5.74) is 10.5. The summed E-state index contributed by atoms with van der Waals surface area (Å²) in [5, 5.41) is 9.65. The zero-order valence-corrected chi connectivity index (χ0v) is 12.2. The van der Waals surface area contributed by atoms with Gasteiger partial charge in [-0.15, -0.1) is 0 Å². The van der Waals surface area contributed by atoms with Crippen molar-refractivity contribution >= 4 is 17.3 Å². The molecule has 0 atom stereocenters. The average Bonchev–Trinajstić information content (AvgIpc) is 2.76. The minimum absolute atomic E-state index is 0.200. The van der Waals surface area contributed by atoms with Gasteiger partial charge < -0.3 is 11.1 Å². The number of rotatable bonds is 3. The van der Waals surface area contributed by atoms with Crippen LogP contribution in [0.15, 0.2) is 18.2 Å². The van der Waals surface area contributed by atoms with E-state index in [1.807, 2.05) is 45.9 Å². The van der Waals surface area contributed by atoms with E-state index in [9.17, 15) is 4.79 Å². The van der Waals surface area contributed by atoms with E-state index in [0.29, 0.717) is 5.69 Å². The number of aromatic nitrogens is 2. The van der Waals surface area contributed by atoms with Crippen LogP contribution in [0.25, 0.3) is 0 Å². The number of carbonyl (C=O) groups excluding carboxylic acids is 1. The second kappa shape index (κ2) is 5.36. The number of nitrogens with zero attached hydrogens (tertiary/aromatic N) is 1. The monoisotopic (exact) mass is 272 g/mol. The van der Waals surface area contributed by atoms with Crippen LogP contribution in [0.2, 0.25) is 0 Å². The van der Waals surface area contributed by atoms with Crippen LogP contribution >= 0.6 is 0 Å². The maximum atomic E-state index is 12.2. The lowest BCUT2D eigenvalue weighted by atomic mass is 10.1. The standard InChI is InChI=1S/C15H20N4O/c1-8(2)13-12(16)14(19-18-13)15(20)17-11-6-5-9(3)10(4)7-11/h5-8H,16H2,1-4H3,(H,17,20)(H,18,19). The van der Waals surface area contributed by atoms with Crippen molar-refractivity contribution in [3.8, 4) is 0 Å². The molecule has 5 nitrogen and oxygen atoms in total. The Balaban J connectivity index is 2.22. The zero-order chi connectivity index (χ0) is 14.9. The van der Waals surface area contributed by atoms with Gasteiger partial charge in [-0.25, -0.2) is 0 Å². The first kappa shape index (κ1) is 14.1. The number of amides is 1. The smallest absolute Gasteiger partial charge is 0.278 e. The number of H-pyrrole nitrogens is 1. The largest absolute Gasteiger partial charge is 0.395 e. The van der Waals surface area contributed by atoms with Gasteiger partial charge in [-0.05, 0) is 43.0 Å². The molecule has 0 saturated carbocycles. The predicted octanol–water partition coefficient (Wildman–Crippen LogP) is 2.98. The summed E-state index contributed by atoms with van der Waals surface area (Å²) < 4.78 is 0. The van der Waals surface area contributed by atoms with Crippen LogP contribution in [0, 0.1) is 13.8 Å². The molecule has 1 aromatic heterocycles. The van der Waals surface area contributed by atoms with Gasteiger partial charge in [0.15, 0.2) is 5.69 Å². The Labute approximate surface area is 118 Å². The van der Waals surface area contributed by atoms with Gasteiger partial charge in [-0.2, -0.15) is 5.10 Å². The van der Waals surface area contributed by atoms with Crippen molar-refractivity contribution in [1.29, 1.82) is 0 Å². The number of nitrogen functional groups attached to an aromatic ring is 1. The number of hydrogen-bond acceptors (Lipinski definition) is 3. The third-order valence-electron chi connectivity index (χ3n) is 3.39. The van der Waals surface area contributed by atoms with E-state index in [1.165, 1.54) is 5.56 Å². The van der Waals surface area contributed by atoms with Crippen molar-refractivity contribution in [3.05, 3.63) is 40.7 Å². The molecule has 4 N–H and O–H groups in total. The van der Waals surface area contributed by atoms with Crippen molar-refractivity contribution in [1.82, 2.24) is 10.2 Å². The van der Waals surface area contributed by atoms with Crippen molar-refractivity contribution < 1.29 is 4.79 Å². The number of anilines is 2. The van der Waals surface area contributed by atoms with Crippen LogP contribution < -0.4 is 11.1 Å². The van der Waals surface area contributed by atoms with Crippen LogP contribution in [0.5, 0.6) is 0 Å². The normalized spacial score (nSPS) is 10.8. The quantitative estimate of drug-likeness (QED) is 0.803. The average molecular weight is 272 g/mol. The van der Waals surface area contributed by atoms with E-state index < -0.39 is 0 Å². The topological polar surface area (TPSA) is 83.8 Å². The fourth-order valence-corrected chi connectivity index (χ4v) is 1.99. The fourth-order valence-electron chi connectivity index (χ4n) is 1.99. The number of carbonyl (C=O) groups is 1. The number of nitrogens with two attached hydrogens (primary N) is 1. The number of hydrogen-bond donors (Lipinski definition) is 3. The second-order valence-electron chi connectivity index (χ2n) is 5.31. The molecule has 0 aliphatic heterocycles. The van der Waals surface area contributed by atoms with Gasteiger partial charge in [-0.3, -0.25) is 9.89 Å². The molecule has 1 aromatic carbocycles. The molecule has 20 heavy (non-hydrogen) atoms. The number of nitrogens with one attached hydrogen (secondary N) is 2. The summed E-state index contributed by atoms with van der Waals surface area (Å²) in [6, 6.07) is 5.77. The van der Waals surface area contributed by atoms with Crippen molar-refractivity contribution in [2.24, 2.45) is 0 Å². The number of benzene rings is 1. The number of aromatic amines is 1. The van der Waals surface area contributed by atoms with Crippen LogP contribution in [0.1, 0.15) is 47.1 Å². The van der Waals surface area contributed by atoms with Crippen molar-refractivity contribution in [2.75, 3.05) is 11.1 Å². The van der Waals surface area contributed by atoms with Crippen molar-refractivity contribution in [2.45, 2.75) is 33.6 Å². The Bertz CT molecular complexity index is 643. The molecular weight excluding hydrogens is 252 g/mol. The van der Waals surface area contributed by atoms with Gasteiger partial charge in [0, 0.05) is 5.69 Å². The van der Waals surface area contributed by atoms with Gasteiger partial charge >= 0.3 is 0 Å². The molecule has 1 amide bonds. The Morgan fingerprint density at radius 1 is 1.30 bits per heavy atom. The highest BCUT2D eigenvalue weighted by Crippen LogP contribution is 2.23. The fraction of sp³-hybridized carbons (Fsp3) is 0.333. The summed E-state index contributed by atoms with van der Waals surface area (Å²) in [7, 11) is 0. The first-order valence-electron chi connectivity index (χ1n) is 6.62. The third kappa shape index (κ3) is 2.66. The van der Waals surface area contributed by atoms with Crippen molar-refractivity contribution in [3.63, 3.8) is 0 Å². The molecule has 2 rings (SSSR count). The summed E-state index contributed by atoms with van der Waals surface area (Å²) >= 11 is 0. The molecule has 0 aliphatic rings. The maximum Gasteiger partial charge on any atom is 0.278 e. The Hall–Kier alpha value is -2.30. The van der Waals surface area contributed by atoms with Gasteiger partial charge in [0.1, 0.15) is 0 Å². The lowest BCUT2D eigenvalue weighted by molar-refractivity contribution is 0.102. The first-order valence-corrected chi connectivity index (χ1v) is 6.62. The highest BCUT2D eigenvalue weighted by Gasteiger charge is 2.18. The van der Waals surface area contributed by atoms with Gasteiger partial charge in [0.2, 0.25) is 0 Å². The molecule has 0 spiro atoms. The first-order chi connectivity index (χ1) is 9.40. The zero-order valence-electron chi connectivity index (χ0n) is 12.2. The Morgan fingerprint density at radius 2 is 2.00 bits per heavy atom. The predicted molar refractivity (Wildman–Crippen MR) is 81.0 cm³/mol. The minimum atomic E-state index is -0.297. The molecule has 0 unspecified atom stereocenters. The van der Waals surface area contributed by atoms with Gasteiger partial charge in [0.05, 0.1) is 11.4 Å². The van der Waals surface area contributed by atoms with Gasteiger partial charge in [0.25, 0.3) is 5.91 Å². The molecule has 106 valence electrons. The molecule has 2 aromatic rings. The Kier molecular flexibility index (Phi) is 3.79. The molecule has 0 radical (unpaired) electrons. The number of aryl methyl sites for hydroxylation is 2. The van der Waals surface area contributed by atoms with E-state index in [0.717, 1.165) is 16.9 Å². The molecule has 0 bridgehead atoms. The van der Waals surface area contributed by atoms with Crippen LogP contribution in [-0.4, -0.2) is 16.1 Å². The lowest BCUT2D eigenvalue weighted by Gasteiger charge is -2.07. The van der Waals surface area contributed by atoms with E-state index in [-0.39, 0.29) is 17.5 Å². The van der Waals surface area contributed by atoms with E-state index in [4.69, 9.17) is 5.73 Å². The van der Waals surface area contributed by atoms with E-state index >= 15 is 0 Å². The maximum absolute atomic E-state index is 12.2. The van der Waals surface area contributed by atoms with Crippen LogP contribution in [-0.2, 0) is 0 Å². The summed E-state index contributed by atoms with van der Waals surface area (Å²) in [6.45, 7) is 8.02. The minimum Gasteiger partial charge on any atom is -0.395 e. The summed E-state index contributed by atoms with van der Waals surface area (Å²) in [5.74, 6) is -0.0976. The summed E-state index contributed by atoms with van der Waals surface area (Å²) in [4.78, 5) is 12.2. The molecular formula is C15H20N4O. The Morgan fingerprint density at radius 3 is 2.55 bits per heavy atom.